The highest BCUT2D eigenvalue weighted by Crippen LogP contribution is 2.06. The predicted octanol–water partition coefficient (Wildman–Crippen LogP) is -0.932. The molecule has 3 N–H and O–H groups in total. The highest BCUT2D eigenvalue weighted by Gasteiger charge is 2.14. The van der Waals surface area contributed by atoms with Crippen LogP contribution in [0, 0.1) is 0 Å². The fraction of sp³-hybridized carbons (Fsp3) is 0.500. The van der Waals surface area contributed by atoms with E-state index in [0.717, 1.165) is 0 Å². The van der Waals surface area contributed by atoms with Crippen molar-refractivity contribution < 1.29 is 13.2 Å². The van der Waals surface area contributed by atoms with Crippen LogP contribution in [-0.4, -0.2) is 63.5 Å². The molecule has 0 bridgehead atoms. The standard InChI is InChI=1S/C10H18N6O3S/c1-11-9-13-6-8(7-14-9)20(18,19)15-5-4-12-10(17)16(2)3/h6-7,15H,4-5H2,1-3H3,(H,12,17)(H,11,13,14). The van der Waals surface area contributed by atoms with Crippen molar-refractivity contribution in [2.45, 2.75) is 4.90 Å². The number of sulfonamides is 1. The summed E-state index contributed by atoms with van der Waals surface area (Å²) in [5.74, 6) is 0.335. The van der Waals surface area contributed by atoms with Crippen molar-refractivity contribution in [1.82, 2.24) is 24.9 Å². The number of rotatable bonds is 6. The Kier molecular flexibility index (Phi) is 5.65. The molecule has 0 saturated carbocycles. The van der Waals surface area contributed by atoms with Crippen molar-refractivity contribution in [2.24, 2.45) is 0 Å². The smallest absolute Gasteiger partial charge is 0.316 e. The normalized spacial score (nSPS) is 10.9. The summed E-state index contributed by atoms with van der Waals surface area (Å²) in [5.41, 5.74) is 0. The fourth-order valence-electron chi connectivity index (χ4n) is 1.18. The average molecular weight is 302 g/mol. The predicted molar refractivity (Wildman–Crippen MR) is 73.9 cm³/mol. The Morgan fingerprint density at radius 1 is 1.25 bits per heavy atom. The van der Waals surface area contributed by atoms with Gasteiger partial charge in [0.15, 0.2) is 0 Å². The first kappa shape index (κ1) is 16.1. The molecule has 112 valence electrons. The van der Waals surface area contributed by atoms with Gasteiger partial charge >= 0.3 is 6.03 Å². The fourth-order valence-corrected chi connectivity index (χ4v) is 2.10. The first-order valence-corrected chi connectivity index (χ1v) is 7.29. The largest absolute Gasteiger partial charge is 0.357 e. The molecule has 0 aliphatic heterocycles. The molecule has 0 fully saturated rings. The van der Waals surface area contributed by atoms with Gasteiger partial charge in [-0.2, -0.15) is 0 Å². The molecule has 0 saturated heterocycles. The van der Waals surface area contributed by atoms with E-state index < -0.39 is 10.0 Å². The zero-order valence-electron chi connectivity index (χ0n) is 11.5. The second-order valence-electron chi connectivity index (χ2n) is 4.02. The van der Waals surface area contributed by atoms with Gasteiger partial charge in [0.1, 0.15) is 4.90 Å². The van der Waals surface area contributed by atoms with E-state index in [0.29, 0.717) is 5.95 Å². The van der Waals surface area contributed by atoms with Crippen LogP contribution >= 0.6 is 0 Å². The van der Waals surface area contributed by atoms with Gasteiger partial charge in [-0.15, -0.1) is 0 Å². The van der Waals surface area contributed by atoms with Gasteiger partial charge < -0.3 is 15.5 Å². The van der Waals surface area contributed by atoms with Gasteiger partial charge in [-0.1, -0.05) is 0 Å². The third-order valence-electron chi connectivity index (χ3n) is 2.26. The van der Waals surface area contributed by atoms with Crippen LogP contribution in [0.4, 0.5) is 10.7 Å². The van der Waals surface area contributed by atoms with Gasteiger partial charge in [0, 0.05) is 34.2 Å². The summed E-state index contributed by atoms with van der Waals surface area (Å²) in [6, 6.07) is -0.286. The molecule has 0 aliphatic rings. The lowest BCUT2D eigenvalue weighted by molar-refractivity contribution is 0.217. The molecular formula is C10H18N6O3S. The zero-order valence-corrected chi connectivity index (χ0v) is 12.4. The van der Waals surface area contributed by atoms with Crippen molar-refractivity contribution >= 4 is 22.0 Å². The maximum Gasteiger partial charge on any atom is 0.316 e. The minimum atomic E-state index is -3.67. The highest BCUT2D eigenvalue weighted by molar-refractivity contribution is 7.89. The molecule has 10 heteroatoms. The number of nitrogens with zero attached hydrogens (tertiary/aromatic N) is 3. The van der Waals surface area contributed by atoms with Crippen LogP contribution in [0.25, 0.3) is 0 Å². The van der Waals surface area contributed by atoms with Crippen LogP contribution in [0.3, 0.4) is 0 Å². The number of aromatic nitrogens is 2. The minimum absolute atomic E-state index is 0.0320. The molecule has 0 aliphatic carbocycles. The monoisotopic (exact) mass is 302 g/mol. The average Bonchev–Trinajstić information content (AvgIpc) is 2.43. The van der Waals surface area contributed by atoms with Gasteiger partial charge in [-0.3, -0.25) is 0 Å². The van der Waals surface area contributed by atoms with Crippen LogP contribution < -0.4 is 15.4 Å². The number of anilines is 1. The SMILES string of the molecule is CNc1ncc(S(=O)(=O)NCCNC(=O)N(C)C)cn1. The second-order valence-corrected chi connectivity index (χ2v) is 5.78. The van der Waals surface area contributed by atoms with E-state index in [1.807, 2.05) is 0 Å². The topological polar surface area (TPSA) is 116 Å². The molecule has 0 aromatic carbocycles. The summed E-state index contributed by atoms with van der Waals surface area (Å²) in [6.45, 7) is 0.265. The molecular weight excluding hydrogens is 284 g/mol. The van der Waals surface area contributed by atoms with E-state index in [9.17, 15) is 13.2 Å². The third kappa shape index (κ3) is 4.63. The number of carbonyl (C=O) groups excluding carboxylic acids is 1. The highest BCUT2D eigenvalue weighted by atomic mass is 32.2. The Morgan fingerprint density at radius 3 is 2.35 bits per heavy atom. The summed E-state index contributed by atoms with van der Waals surface area (Å²) in [5, 5.41) is 5.23. The first-order valence-electron chi connectivity index (χ1n) is 5.81. The summed E-state index contributed by atoms with van der Waals surface area (Å²) >= 11 is 0. The van der Waals surface area contributed by atoms with Gasteiger partial charge in [-0.05, 0) is 0 Å². The van der Waals surface area contributed by atoms with Crippen LogP contribution in [-0.2, 0) is 10.0 Å². The van der Waals surface area contributed by atoms with E-state index in [1.165, 1.54) is 17.3 Å². The number of nitrogens with one attached hydrogen (secondary N) is 3. The van der Waals surface area contributed by atoms with Crippen molar-refractivity contribution in [1.29, 1.82) is 0 Å². The molecule has 0 atom stereocenters. The number of hydrogen-bond acceptors (Lipinski definition) is 6. The quantitative estimate of drug-likeness (QED) is 0.584. The molecule has 0 spiro atoms. The number of amides is 2. The first-order chi connectivity index (χ1) is 9.36. The Balaban J connectivity index is 2.51. The number of carbonyl (C=O) groups is 1. The molecule has 9 nitrogen and oxygen atoms in total. The van der Waals surface area contributed by atoms with Crippen molar-refractivity contribution in [3.8, 4) is 0 Å². The molecule has 1 aromatic rings. The molecule has 1 aromatic heterocycles. The third-order valence-corrected chi connectivity index (χ3v) is 3.68. The summed E-state index contributed by atoms with van der Waals surface area (Å²) < 4.78 is 26.1. The molecule has 1 rings (SSSR count). The Morgan fingerprint density at radius 2 is 1.85 bits per heavy atom. The lowest BCUT2D eigenvalue weighted by Gasteiger charge is -2.12. The van der Waals surface area contributed by atoms with E-state index in [2.05, 4.69) is 25.3 Å². The van der Waals surface area contributed by atoms with Crippen LogP contribution in [0.2, 0.25) is 0 Å². The Bertz CT molecular complexity index is 543. The number of urea groups is 1. The van der Waals surface area contributed by atoms with Crippen LogP contribution in [0.5, 0.6) is 0 Å². The number of hydrogen-bond donors (Lipinski definition) is 3. The van der Waals surface area contributed by atoms with E-state index in [-0.39, 0.29) is 24.0 Å². The van der Waals surface area contributed by atoms with E-state index in [1.54, 1.807) is 21.1 Å². The maximum atomic E-state index is 11.9. The maximum absolute atomic E-state index is 11.9. The van der Waals surface area contributed by atoms with Crippen molar-refractivity contribution in [3.63, 3.8) is 0 Å². The van der Waals surface area contributed by atoms with E-state index in [4.69, 9.17) is 0 Å². The van der Waals surface area contributed by atoms with Crippen molar-refractivity contribution in [2.75, 3.05) is 39.5 Å². The molecule has 20 heavy (non-hydrogen) atoms. The van der Waals surface area contributed by atoms with Gasteiger partial charge in [0.2, 0.25) is 16.0 Å². The molecule has 0 unspecified atom stereocenters. The van der Waals surface area contributed by atoms with Crippen LogP contribution in [0.15, 0.2) is 17.3 Å². The van der Waals surface area contributed by atoms with Gasteiger partial charge in [0.25, 0.3) is 0 Å². The van der Waals surface area contributed by atoms with Crippen molar-refractivity contribution in [3.05, 3.63) is 12.4 Å². The van der Waals surface area contributed by atoms with Gasteiger partial charge in [0.05, 0.1) is 12.4 Å². The lowest BCUT2D eigenvalue weighted by Crippen LogP contribution is -2.39. The molecule has 0 radical (unpaired) electrons. The van der Waals surface area contributed by atoms with Crippen LogP contribution in [0.1, 0.15) is 0 Å². The summed E-state index contributed by atoms with van der Waals surface area (Å²) in [4.78, 5) is 20.2. The Labute approximate surface area is 117 Å². The minimum Gasteiger partial charge on any atom is -0.357 e. The summed E-state index contributed by atoms with van der Waals surface area (Å²) in [7, 11) is 1.16. The summed E-state index contributed by atoms with van der Waals surface area (Å²) in [6.07, 6.45) is 2.42. The molecule has 2 amide bonds. The molecule has 1 heterocycles. The lowest BCUT2D eigenvalue weighted by atomic mass is 10.6. The van der Waals surface area contributed by atoms with E-state index >= 15 is 0 Å². The van der Waals surface area contributed by atoms with Gasteiger partial charge in [-0.25, -0.2) is 27.9 Å². The zero-order chi connectivity index (χ0) is 15.2. The Hall–Kier alpha value is -1.94. The second kappa shape index (κ2) is 7.01.